The van der Waals surface area contributed by atoms with E-state index >= 15 is 0 Å². The molecule has 0 unspecified atom stereocenters. The zero-order chi connectivity index (χ0) is 14.1. The maximum absolute atomic E-state index is 3.27. The van der Waals surface area contributed by atoms with E-state index in [9.17, 15) is 0 Å². The van der Waals surface area contributed by atoms with Crippen molar-refractivity contribution in [3.05, 3.63) is 95.1 Å². The fourth-order valence-electron chi connectivity index (χ4n) is 2.87. The average Bonchev–Trinajstić information content (AvgIpc) is 2.92. The summed E-state index contributed by atoms with van der Waals surface area (Å²) in [5.41, 5.74) is 7.65. The zero-order valence-corrected chi connectivity index (χ0v) is 11.6. The first-order chi connectivity index (χ1) is 10.4. The van der Waals surface area contributed by atoms with Crippen molar-refractivity contribution in [2.45, 2.75) is 6.42 Å². The highest BCUT2D eigenvalue weighted by molar-refractivity contribution is 5.77. The Labute approximate surface area is 125 Å². The lowest BCUT2D eigenvalue weighted by Gasteiger charge is -2.01. The summed E-state index contributed by atoms with van der Waals surface area (Å²) in [7, 11) is 0. The minimum absolute atomic E-state index is 1.04. The van der Waals surface area contributed by atoms with Crippen LogP contribution < -0.4 is 0 Å². The number of fused-ring (bicyclic) bond motifs is 3. The molecule has 0 fully saturated rings. The van der Waals surface area contributed by atoms with Gasteiger partial charge in [0.05, 0.1) is 0 Å². The summed E-state index contributed by atoms with van der Waals surface area (Å²) in [5.74, 6) is 6.50. The molecule has 0 heterocycles. The van der Waals surface area contributed by atoms with E-state index in [4.69, 9.17) is 0 Å². The van der Waals surface area contributed by atoms with Crippen LogP contribution in [0.25, 0.3) is 11.1 Å². The first kappa shape index (κ1) is 12.0. The summed E-state index contributed by atoms with van der Waals surface area (Å²) in [5, 5.41) is 0. The molecule has 3 aromatic rings. The summed E-state index contributed by atoms with van der Waals surface area (Å²) >= 11 is 0. The molecule has 0 nitrogen and oxygen atoms in total. The topological polar surface area (TPSA) is 0 Å². The Hall–Kier alpha value is -2.78. The zero-order valence-electron chi connectivity index (χ0n) is 11.6. The van der Waals surface area contributed by atoms with Crippen molar-refractivity contribution in [3.8, 4) is 23.0 Å². The molecular formula is C21H14. The van der Waals surface area contributed by atoms with Crippen LogP contribution in [0.1, 0.15) is 22.3 Å². The van der Waals surface area contributed by atoms with Gasteiger partial charge in [-0.15, -0.1) is 0 Å². The van der Waals surface area contributed by atoms with Crippen molar-refractivity contribution in [1.82, 2.24) is 0 Å². The highest BCUT2D eigenvalue weighted by Crippen LogP contribution is 2.36. The lowest BCUT2D eigenvalue weighted by atomic mass is 10.0. The van der Waals surface area contributed by atoms with Gasteiger partial charge in [0, 0.05) is 11.1 Å². The normalized spacial score (nSPS) is 11.2. The second-order valence-electron chi connectivity index (χ2n) is 5.32. The first-order valence-corrected chi connectivity index (χ1v) is 7.18. The van der Waals surface area contributed by atoms with Gasteiger partial charge in [-0.25, -0.2) is 0 Å². The molecule has 0 N–H and O–H groups in total. The van der Waals surface area contributed by atoms with E-state index in [1.54, 1.807) is 0 Å². The maximum Gasteiger partial charge on any atom is 0.0255 e. The highest BCUT2D eigenvalue weighted by atomic mass is 14.2. The van der Waals surface area contributed by atoms with Crippen LogP contribution in [0.3, 0.4) is 0 Å². The molecule has 0 spiro atoms. The third-order valence-electron chi connectivity index (χ3n) is 3.92. The Morgan fingerprint density at radius 2 is 1.29 bits per heavy atom. The van der Waals surface area contributed by atoms with E-state index in [0.717, 1.165) is 17.5 Å². The van der Waals surface area contributed by atoms with Gasteiger partial charge >= 0.3 is 0 Å². The van der Waals surface area contributed by atoms with Crippen molar-refractivity contribution in [1.29, 1.82) is 0 Å². The number of rotatable bonds is 0. The number of benzene rings is 3. The van der Waals surface area contributed by atoms with Gasteiger partial charge in [-0.2, -0.15) is 0 Å². The Balaban J connectivity index is 1.74. The fourth-order valence-corrected chi connectivity index (χ4v) is 2.87. The van der Waals surface area contributed by atoms with Crippen LogP contribution in [0.15, 0.2) is 72.8 Å². The van der Waals surface area contributed by atoms with Gasteiger partial charge < -0.3 is 0 Å². The lowest BCUT2D eigenvalue weighted by Crippen LogP contribution is -1.82. The van der Waals surface area contributed by atoms with Gasteiger partial charge in [-0.3, -0.25) is 0 Å². The second kappa shape index (κ2) is 4.96. The van der Waals surface area contributed by atoms with Gasteiger partial charge in [0.15, 0.2) is 0 Å². The fraction of sp³-hybridized carbons (Fsp3) is 0.0476. The molecule has 1 aliphatic rings. The Morgan fingerprint density at radius 1 is 0.571 bits per heavy atom. The average molecular weight is 266 g/mol. The predicted octanol–water partition coefficient (Wildman–Crippen LogP) is 4.66. The van der Waals surface area contributed by atoms with Crippen LogP contribution in [0.5, 0.6) is 0 Å². The van der Waals surface area contributed by atoms with Crippen LogP contribution >= 0.6 is 0 Å². The molecule has 0 bridgehead atoms. The molecule has 0 aromatic heterocycles. The van der Waals surface area contributed by atoms with Crippen LogP contribution in [0, 0.1) is 11.8 Å². The minimum Gasteiger partial charge on any atom is -0.0622 e. The molecule has 0 saturated carbocycles. The van der Waals surface area contributed by atoms with Crippen LogP contribution in [0.4, 0.5) is 0 Å². The van der Waals surface area contributed by atoms with Crippen LogP contribution in [-0.4, -0.2) is 0 Å². The van der Waals surface area contributed by atoms with Crippen molar-refractivity contribution in [2.75, 3.05) is 0 Å². The molecule has 0 heteroatoms. The van der Waals surface area contributed by atoms with Crippen LogP contribution in [-0.2, 0) is 6.42 Å². The van der Waals surface area contributed by atoms with Gasteiger partial charge in [-0.1, -0.05) is 60.4 Å². The first-order valence-electron chi connectivity index (χ1n) is 7.18. The van der Waals surface area contributed by atoms with Crippen molar-refractivity contribution < 1.29 is 0 Å². The third-order valence-corrected chi connectivity index (χ3v) is 3.92. The Bertz CT molecular complexity index is 861. The van der Waals surface area contributed by atoms with Crippen molar-refractivity contribution in [3.63, 3.8) is 0 Å². The Kier molecular flexibility index (Phi) is 2.83. The van der Waals surface area contributed by atoms with E-state index in [1.165, 1.54) is 22.3 Å². The van der Waals surface area contributed by atoms with E-state index in [2.05, 4.69) is 54.3 Å². The molecule has 0 saturated heterocycles. The third kappa shape index (κ3) is 2.24. The summed E-state index contributed by atoms with van der Waals surface area (Å²) in [6, 6.07) is 25.3. The predicted molar refractivity (Wildman–Crippen MR) is 87.1 cm³/mol. The molecule has 0 radical (unpaired) electrons. The number of hydrogen-bond acceptors (Lipinski definition) is 0. The van der Waals surface area contributed by atoms with Crippen molar-refractivity contribution in [2.24, 2.45) is 0 Å². The van der Waals surface area contributed by atoms with E-state index < -0.39 is 0 Å². The summed E-state index contributed by atoms with van der Waals surface area (Å²) in [4.78, 5) is 0. The number of hydrogen-bond donors (Lipinski definition) is 0. The van der Waals surface area contributed by atoms with Crippen molar-refractivity contribution >= 4 is 0 Å². The standard InChI is InChI=1S/C21H14/c1-2-6-16(7-3-1)10-11-17-12-13-19-15-18-8-4-5-9-20(18)21(19)14-17/h1-9,12-14H,15H2. The maximum atomic E-state index is 3.27. The smallest absolute Gasteiger partial charge is 0.0255 e. The molecule has 3 aromatic carbocycles. The van der Waals surface area contributed by atoms with Gasteiger partial charge in [-0.05, 0) is 52.9 Å². The summed E-state index contributed by atoms with van der Waals surface area (Å²) in [6.45, 7) is 0. The van der Waals surface area contributed by atoms with E-state index in [-0.39, 0.29) is 0 Å². The summed E-state index contributed by atoms with van der Waals surface area (Å²) < 4.78 is 0. The van der Waals surface area contributed by atoms with E-state index in [0.29, 0.717) is 0 Å². The Morgan fingerprint density at radius 3 is 2.19 bits per heavy atom. The highest BCUT2D eigenvalue weighted by Gasteiger charge is 2.17. The molecule has 0 atom stereocenters. The monoisotopic (exact) mass is 266 g/mol. The lowest BCUT2D eigenvalue weighted by molar-refractivity contribution is 1.26. The largest absolute Gasteiger partial charge is 0.0622 e. The molecule has 0 aliphatic heterocycles. The van der Waals surface area contributed by atoms with Gasteiger partial charge in [0.2, 0.25) is 0 Å². The molecule has 21 heavy (non-hydrogen) atoms. The quantitative estimate of drug-likeness (QED) is 0.406. The molecule has 1 aliphatic carbocycles. The second-order valence-corrected chi connectivity index (χ2v) is 5.32. The molecular weight excluding hydrogens is 252 g/mol. The van der Waals surface area contributed by atoms with E-state index in [1.807, 2.05) is 30.3 Å². The summed E-state index contributed by atoms with van der Waals surface area (Å²) in [6.07, 6.45) is 1.04. The minimum atomic E-state index is 1.04. The van der Waals surface area contributed by atoms with Crippen LogP contribution in [0.2, 0.25) is 0 Å². The van der Waals surface area contributed by atoms with Gasteiger partial charge in [0.25, 0.3) is 0 Å². The molecule has 0 amide bonds. The molecule has 4 rings (SSSR count). The SMILES string of the molecule is C(#Cc1ccc2c(c1)-c1ccccc1C2)c1ccccc1. The molecule has 98 valence electrons. The van der Waals surface area contributed by atoms with Gasteiger partial charge in [0.1, 0.15) is 0 Å².